The molecule has 0 spiro atoms. The van der Waals surface area contributed by atoms with Gasteiger partial charge in [-0.3, -0.25) is 19.6 Å². The topological polar surface area (TPSA) is 128 Å². The molecule has 3 N–H and O–H groups in total. The Morgan fingerprint density at radius 3 is 2.51 bits per heavy atom. The number of β-amino-alcohol motifs (C(OH)–C–C–N with tert-alkyl or cyclic N) is 1. The summed E-state index contributed by atoms with van der Waals surface area (Å²) < 4.78 is 6.25. The molecule has 10 nitrogen and oxygen atoms in total. The van der Waals surface area contributed by atoms with Crippen molar-refractivity contribution in [3.8, 4) is 22.6 Å². The number of benzene rings is 3. The second kappa shape index (κ2) is 13.9. The summed E-state index contributed by atoms with van der Waals surface area (Å²) in [7, 11) is 0. The number of oxazole rings is 1. The van der Waals surface area contributed by atoms with Crippen molar-refractivity contribution >= 4 is 62.7 Å². The molecule has 2 fully saturated rings. The first-order valence-electron chi connectivity index (χ1n) is 17.0. The van der Waals surface area contributed by atoms with Crippen LogP contribution < -0.4 is 5.32 Å². The molecule has 2 saturated heterocycles. The number of aromatic nitrogens is 3. The van der Waals surface area contributed by atoms with Gasteiger partial charge in [0.2, 0.25) is 5.89 Å². The Balaban J connectivity index is 1.05. The summed E-state index contributed by atoms with van der Waals surface area (Å²) in [4.78, 5) is 30.0. The monoisotopic (exact) mass is 722 g/mol. The highest BCUT2D eigenvalue weighted by molar-refractivity contribution is 6.36. The van der Waals surface area contributed by atoms with Gasteiger partial charge < -0.3 is 19.9 Å². The van der Waals surface area contributed by atoms with E-state index in [1.165, 1.54) is 0 Å². The molecule has 3 aromatic carbocycles. The fourth-order valence-electron chi connectivity index (χ4n) is 7.31. The molecule has 51 heavy (non-hydrogen) atoms. The molecule has 2 atom stereocenters. The third kappa shape index (κ3) is 6.78. The second-order valence-electron chi connectivity index (χ2n) is 13.5. The number of nitrogens with one attached hydrogen (secondary N) is 1. The lowest BCUT2D eigenvalue weighted by Gasteiger charge is -2.16. The number of fused-ring (bicyclic) bond motifs is 2. The maximum atomic E-state index is 11.4. The molecule has 0 radical (unpaired) electrons. The first-order valence-corrected chi connectivity index (χ1v) is 17.8. The molecule has 3 aromatic heterocycles. The maximum absolute atomic E-state index is 11.4. The molecule has 2 aliphatic heterocycles. The highest BCUT2D eigenvalue weighted by Crippen LogP contribution is 2.40. The van der Waals surface area contributed by atoms with Crippen LogP contribution in [0, 0.1) is 12.8 Å². The van der Waals surface area contributed by atoms with Crippen LogP contribution in [0.2, 0.25) is 10.0 Å². The zero-order valence-corrected chi connectivity index (χ0v) is 29.5. The van der Waals surface area contributed by atoms with Gasteiger partial charge in [-0.2, -0.15) is 0 Å². The number of halogens is 2. The van der Waals surface area contributed by atoms with E-state index in [0.717, 1.165) is 70.3 Å². The fourth-order valence-corrected chi connectivity index (χ4v) is 7.86. The van der Waals surface area contributed by atoms with Crippen LogP contribution in [0.1, 0.15) is 29.5 Å². The van der Waals surface area contributed by atoms with E-state index in [1.54, 1.807) is 6.20 Å². The summed E-state index contributed by atoms with van der Waals surface area (Å²) in [5.41, 5.74) is 8.17. The Kier molecular flexibility index (Phi) is 9.12. The van der Waals surface area contributed by atoms with E-state index in [0.29, 0.717) is 64.6 Å². The van der Waals surface area contributed by atoms with Gasteiger partial charge in [-0.15, -0.1) is 0 Å². The van der Waals surface area contributed by atoms with Gasteiger partial charge >= 0.3 is 5.97 Å². The van der Waals surface area contributed by atoms with Crippen molar-refractivity contribution in [2.45, 2.75) is 39.0 Å². The summed E-state index contributed by atoms with van der Waals surface area (Å²) >= 11 is 13.8. The van der Waals surface area contributed by atoms with Crippen LogP contribution in [-0.2, 0) is 17.9 Å². The standard InChI is InChI=1S/C39H36Cl2N6O4/c1-22-28(4-2-5-29(22)38-45-33-16-23(15-31(40)36(33)51-38)18-46-12-9-26(20-46)39(49)50)30-6-3-7-32(34(30)41)44-37-35-25(8-11-42-37)14-24(17-43-35)19-47-13-10-27(48)21-47/h2-8,11,14-17,26-27,48H,9-10,12-13,18-21H2,1H3,(H,42,44)(H,49,50)/t26-,27-/m1/s1. The molecule has 0 amide bonds. The van der Waals surface area contributed by atoms with Crippen molar-refractivity contribution in [1.29, 1.82) is 0 Å². The van der Waals surface area contributed by atoms with Gasteiger partial charge in [-0.05, 0) is 85.0 Å². The summed E-state index contributed by atoms with van der Waals surface area (Å²) in [6, 6.07) is 19.7. The summed E-state index contributed by atoms with van der Waals surface area (Å²) in [6.07, 6.45) is 4.81. The lowest BCUT2D eigenvalue weighted by molar-refractivity contribution is -0.141. The number of hydrogen-bond acceptors (Lipinski definition) is 9. The molecule has 0 saturated carbocycles. The van der Waals surface area contributed by atoms with Crippen molar-refractivity contribution < 1.29 is 19.4 Å². The Morgan fingerprint density at radius 2 is 1.71 bits per heavy atom. The van der Waals surface area contributed by atoms with Gasteiger partial charge in [0.1, 0.15) is 11.0 Å². The molecule has 5 heterocycles. The van der Waals surface area contributed by atoms with Gasteiger partial charge in [0.15, 0.2) is 11.4 Å². The molecular formula is C39H36Cl2N6O4. The van der Waals surface area contributed by atoms with Gasteiger partial charge in [-0.25, -0.2) is 9.97 Å². The number of carbonyl (C=O) groups is 1. The molecule has 0 bridgehead atoms. The minimum atomic E-state index is -0.751. The predicted molar refractivity (Wildman–Crippen MR) is 199 cm³/mol. The van der Waals surface area contributed by atoms with Gasteiger partial charge in [0.05, 0.1) is 27.8 Å². The highest BCUT2D eigenvalue weighted by atomic mass is 35.5. The smallest absolute Gasteiger partial charge is 0.307 e. The van der Waals surface area contributed by atoms with E-state index in [9.17, 15) is 15.0 Å². The van der Waals surface area contributed by atoms with Crippen LogP contribution in [0.4, 0.5) is 11.5 Å². The largest absolute Gasteiger partial charge is 0.481 e. The van der Waals surface area contributed by atoms with E-state index in [1.807, 2.05) is 67.7 Å². The molecule has 260 valence electrons. The summed E-state index contributed by atoms with van der Waals surface area (Å²) in [6.45, 7) is 6.15. The quantitative estimate of drug-likeness (QED) is 0.135. The number of likely N-dealkylation sites (tertiary alicyclic amines) is 2. The third-order valence-electron chi connectivity index (χ3n) is 9.95. The Labute approximate surface area is 304 Å². The number of carboxylic acids is 1. The number of pyridine rings is 2. The number of nitrogens with zero attached hydrogens (tertiary/aromatic N) is 5. The van der Waals surface area contributed by atoms with Crippen LogP contribution in [0.5, 0.6) is 0 Å². The number of aliphatic hydroxyl groups excluding tert-OH is 1. The predicted octanol–water partition coefficient (Wildman–Crippen LogP) is 7.94. The Morgan fingerprint density at radius 1 is 0.941 bits per heavy atom. The van der Waals surface area contributed by atoms with Crippen molar-refractivity contribution in [3.05, 3.63) is 99.8 Å². The van der Waals surface area contributed by atoms with Crippen LogP contribution in [0.15, 0.2) is 77.5 Å². The number of hydrogen-bond donors (Lipinski definition) is 3. The van der Waals surface area contributed by atoms with E-state index < -0.39 is 5.97 Å². The van der Waals surface area contributed by atoms with Crippen LogP contribution >= 0.6 is 23.2 Å². The summed E-state index contributed by atoms with van der Waals surface area (Å²) in [5, 5.41) is 24.7. The molecular weight excluding hydrogens is 687 g/mol. The van der Waals surface area contributed by atoms with Crippen molar-refractivity contribution in [3.63, 3.8) is 0 Å². The average Bonchev–Trinajstić information content (AvgIpc) is 3.86. The van der Waals surface area contributed by atoms with E-state index in [-0.39, 0.29) is 12.0 Å². The summed E-state index contributed by atoms with van der Waals surface area (Å²) in [5.74, 6) is -0.0363. The van der Waals surface area contributed by atoms with Gasteiger partial charge in [0.25, 0.3) is 0 Å². The normalized spacial score (nSPS) is 18.3. The molecule has 0 unspecified atom stereocenters. The van der Waals surface area contributed by atoms with E-state index in [4.69, 9.17) is 37.6 Å². The molecule has 2 aliphatic rings. The number of anilines is 2. The zero-order chi connectivity index (χ0) is 35.2. The zero-order valence-electron chi connectivity index (χ0n) is 27.9. The van der Waals surface area contributed by atoms with Crippen molar-refractivity contribution in [1.82, 2.24) is 24.8 Å². The molecule has 12 heteroatoms. The van der Waals surface area contributed by atoms with E-state index in [2.05, 4.69) is 26.2 Å². The lowest BCUT2D eigenvalue weighted by atomic mass is 9.96. The fraction of sp³-hybridized carbons (Fsp3) is 0.282. The number of aliphatic hydroxyl groups is 1. The van der Waals surface area contributed by atoms with Crippen molar-refractivity contribution in [2.75, 3.05) is 31.5 Å². The Hall–Kier alpha value is -4.58. The Bertz CT molecular complexity index is 2290. The number of carboxylic acid groups (broad SMARTS) is 1. The maximum Gasteiger partial charge on any atom is 0.307 e. The molecule has 6 aromatic rings. The second-order valence-corrected chi connectivity index (χ2v) is 14.3. The number of aliphatic carboxylic acids is 1. The molecule has 0 aliphatic carbocycles. The number of rotatable bonds is 9. The van der Waals surface area contributed by atoms with Gasteiger partial charge in [0, 0.05) is 61.6 Å². The highest BCUT2D eigenvalue weighted by Gasteiger charge is 2.28. The SMILES string of the molecule is Cc1c(-c2nc3cc(CN4CC[C@@H](C(=O)O)C4)cc(Cl)c3o2)cccc1-c1cccc(Nc2nccc3cc(CN4CC[C@@H](O)C4)cnc23)c1Cl. The minimum Gasteiger partial charge on any atom is -0.481 e. The van der Waals surface area contributed by atoms with Crippen LogP contribution in [0.3, 0.4) is 0 Å². The first kappa shape index (κ1) is 33.6. The third-order valence-corrected chi connectivity index (χ3v) is 10.6. The lowest BCUT2D eigenvalue weighted by Crippen LogP contribution is -2.22. The van der Waals surface area contributed by atoms with Gasteiger partial charge in [-0.1, -0.05) is 47.5 Å². The van der Waals surface area contributed by atoms with Crippen molar-refractivity contribution in [2.24, 2.45) is 5.92 Å². The van der Waals surface area contributed by atoms with Crippen LogP contribution in [-0.4, -0.2) is 73.2 Å². The molecule has 8 rings (SSSR count). The average molecular weight is 724 g/mol. The minimum absolute atomic E-state index is 0.261. The van der Waals surface area contributed by atoms with E-state index >= 15 is 0 Å². The first-order chi connectivity index (χ1) is 24.7. The van der Waals surface area contributed by atoms with Crippen LogP contribution in [0.25, 0.3) is 44.6 Å².